The summed E-state index contributed by atoms with van der Waals surface area (Å²) < 4.78 is 4.71. The quantitative estimate of drug-likeness (QED) is 0.719. The predicted octanol–water partition coefficient (Wildman–Crippen LogP) is 2.26. The zero-order valence-electron chi connectivity index (χ0n) is 11.3. The standard InChI is InChI=1S/C15H16N4O/c1-11-8-12(13-4-2-3-5-14(13)18-11)9-16-7-6-15-17-10-20-19-15/h2-5,8,10,16H,6-7,9H2,1H3. The Hall–Kier alpha value is -2.27. The molecule has 0 unspecified atom stereocenters. The van der Waals surface area contributed by atoms with Gasteiger partial charge in [0.1, 0.15) is 0 Å². The molecule has 0 atom stereocenters. The van der Waals surface area contributed by atoms with Crippen molar-refractivity contribution in [2.24, 2.45) is 0 Å². The molecule has 2 heterocycles. The molecule has 5 nitrogen and oxygen atoms in total. The van der Waals surface area contributed by atoms with E-state index in [2.05, 4.69) is 32.6 Å². The molecule has 0 bridgehead atoms. The Morgan fingerprint density at radius 1 is 1.25 bits per heavy atom. The first-order chi connectivity index (χ1) is 9.83. The van der Waals surface area contributed by atoms with Crippen LogP contribution in [0.3, 0.4) is 0 Å². The molecule has 0 amide bonds. The van der Waals surface area contributed by atoms with Crippen LogP contribution >= 0.6 is 0 Å². The van der Waals surface area contributed by atoms with E-state index in [0.29, 0.717) is 0 Å². The van der Waals surface area contributed by atoms with Crippen LogP contribution in [0.5, 0.6) is 0 Å². The van der Waals surface area contributed by atoms with Gasteiger partial charge in [-0.25, -0.2) is 0 Å². The van der Waals surface area contributed by atoms with Crippen molar-refractivity contribution >= 4 is 10.9 Å². The Labute approximate surface area is 117 Å². The van der Waals surface area contributed by atoms with Gasteiger partial charge in [-0.3, -0.25) is 4.98 Å². The van der Waals surface area contributed by atoms with Crippen molar-refractivity contribution in [1.29, 1.82) is 0 Å². The summed E-state index contributed by atoms with van der Waals surface area (Å²) in [6, 6.07) is 10.3. The van der Waals surface area contributed by atoms with E-state index >= 15 is 0 Å². The summed E-state index contributed by atoms with van der Waals surface area (Å²) in [5.41, 5.74) is 3.35. The largest absolute Gasteiger partial charge is 0.343 e. The summed E-state index contributed by atoms with van der Waals surface area (Å²) in [6.07, 6.45) is 2.12. The molecule has 0 spiro atoms. The van der Waals surface area contributed by atoms with E-state index in [4.69, 9.17) is 4.52 Å². The lowest BCUT2D eigenvalue weighted by atomic mass is 10.1. The van der Waals surface area contributed by atoms with Gasteiger partial charge in [-0.15, -0.1) is 0 Å². The van der Waals surface area contributed by atoms with Gasteiger partial charge in [0.15, 0.2) is 5.82 Å². The van der Waals surface area contributed by atoms with Crippen molar-refractivity contribution in [3.8, 4) is 0 Å². The second-order valence-corrected chi connectivity index (χ2v) is 4.71. The molecule has 0 saturated heterocycles. The van der Waals surface area contributed by atoms with Gasteiger partial charge in [-0.2, -0.15) is 4.98 Å². The highest BCUT2D eigenvalue weighted by atomic mass is 16.5. The Bertz CT molecular complexity index is 694. The summed E-state index contributed by atoms with van der Waals surface area (Å²) in [7, 11) is 0. The van der Waals surface area contributed by atoms with E-state index in [9.17, 15) is 0 Å². The van der Waals surface area contributed by atoms with Crippen molar-refractivity contribution in [2.45, 2.75) is 19.9 Å². The van der Waals surface area contributed by atoms with E-state index in [0.717, 1.165) is 36.5 Å². The molecule has 0 aliphatic rings. The predicted molar refractivity (Wildman–Crippen MR) is 76.2 cm³/mol. The minimum atomic E-state index is 0.730. The Balaban J connectivity index is 1.68. The minimum Gasteiger partial charge on any atom is -0.343 e. The molecule has 0 fully saturated rings. The maximum atomic E-state index is 4.71. The van der Waals surface area contributed by atoms with Gasteiger partial charge >= 0.3 is 0 Å². The summed E-state index contributed by atoms with van der Waals surface area (Å²) in [5.74, 6) is 0.730. The first kappa shape index (κ1) is 12.7. The molecule has 1 N–H and O–H groups in total. The summed E-state index contributed by atoms with van der Waals surface area (Å²) in [6.45, 7) is 3.65. The highest BCUT2D eigenvalue weighted by Crippen LogP contribution is 2.17. The number of nitrogens with one attached hydrogen (secondary N) is 1. The van der Waals surface area contributed by atoms with Crippen molar-refractivity contribution in [3.05, 3.63) is 53.8 Å². The average Bonchev–Trinajstić information content (AvgIpc) is 2.96. The van der Waals surface area contributed by atoms with Gasteiger partial charge < -0.3 is 9.84 Å². The van der Waals surface area contributed by atoms with E-state index in [-0.39, 0.29) is 0 Å². The number of aryl methyl sites for hydroxylation is 1. The fourth-order valence-corrected chi connectivity index (χ4v) is 2.27. The van der Waals surface area contributed by atoms with Crippen LogP contribution in [-0.2, 0) is 13.0 Å². The third-order valence-electron chi connectivity index (χ3n) is 3.18. The number of fused-ring (bicyclic) bond motifs is 1. The van der Waals surface area contributed by atoms with Crippen LogP contribution in [0.2, 0.25) is 0 Å². The lowest BCUT2D eigenvalue weighted by Crippen LogP contribution is -2.17. The number of benzene rings is 1. The maximum absolute atomic E-state index is 4.71. The van der Waals surface area contributed by atoms with Gasteiger partial charge in [-0.05, 0) is 24.6 Å². The average molecular weight is 268 g/mol. The fraction of sp³-hybridized carbons (Fsp3) is 0.267. The Kier molecular flexibility index (Phi) is 3.69. The number of rotatable bonds is 5. The molecule has 3 aromatic rings. The van der Waals surface area contributed by atoms with E-state index < -0.39 is 0 Å². The third kappa shape index (κ3) is 2.83. The maximum Gasteiger partial charge on any atom is 0.213 e. The van der Waals surface area contributed by atoms with Gasteiger partial charge in [0.05, 0.1) is 5.52 Å². The van der Waals surface area contributed by atoms with E-state index in [1.807, 2.05) is 25.1 Å². The van der Waals surface area contributed by atoms with Crippen molar-refractivity contribution in [2.75, 3.05) is 6.54 Å². The Morgan fingerprint density at radius 3 is 3.00 bits per heavy atom. The number of para-hydroxylation sites is 1. The van der Waals surface area contributed by atoms with Gasteiger partial charge in [0, 0.05) is 30.6 Å². The van der Waals surface area contributed by atoms with E-state index in [1.54, 1.807) is 0 Å². The van der Waals surface area contributed by atoms with Crippen LogP contribution in [0, 0.1) is 6.92 Å². The van der Waals surface area contributed by atoms with Crippen molar-refractivity contribution in [3.63, 3.8) is 0 Å². The lowest BCUT2D eigenvalue weighted by Gasteiger charge is -2.08. The molecule has 2 aromatic heterocycles. The minimum absolute atomic E-state index is 0.730. The zero-order valence-corrected chi connectivity index (χ0v) is 11.3. The summed E-state index contributed by atoms with van der Waals surface area (Å²) >= 11 is 0. The van der Waals surface area contributed by atoms with E-state index in [1.165, 1.54) is 17.3 Å². The number of aromatic nitrogens is 3. The smallest absolute Gasteiger partial charge is 0.213 e. The molecule has 0 saturated carbocycles. The van der Waals surface area contributed by atoms with Crippen LogP contribution in [0.15, 0.2) is 41.2 Å². The Morgan fingerprint density at radius 2 is 2.15 bits per heavy atom. The summed E-state index contributed by atoms with van der Waals surface area (Å²) in [5, 5.41) is 8.40. The third-order valence-corrected chi connectivity index (χ3v) is 3.18. The highest BCUT2D eigenvalue weighted by molar-refractivity contribution is 5.82. The molecule has 3 rings (SSSR count). The molecule has 5 heteroatoms. The van der Waals surface area contributed by atoms with Gasteiger partial charge in [0.25, 0.3) is 0 Å². The number of hydrogen-bond acceptors (Lipinski definition) is 5. The molecular formula is C15H16N4O. The molecule has 0 radical (unpaired) electrons. The number of pyridine rings is 1. The SMILES string of the molecule is Cc1cc(CNCCc2ncon2)c2ccccc2n1. The molecule has 0 aliphatic heterocycles. The van der Waals surface area contributed by atoms with Crippen LogP contribution < -0.4 is 5.32 Å². The second-order valence-electron chi connectivity index (χ2n) is 4.71. The second kappa shape index (κ2) is 5.79. The fourth-order valence-electron chi connectivity index (χ4n) is 2.27. The number of nitrogens with zero attached hydrogens (tertiary/aromatic N) is 3. The monoisotopic (exact) mass is 268 g/mol. The molecule has 20 heavy (non-hydrogen) atoms. The summed E-state index contributed by atoms with van der Waals surface area (Å²) in [4.78, 5) is 8.54. The number of hydrogen-bond donors (Lipinski definition) is 1. The van der Waals surface area contributed by atoms with Gasteiger partial charge in [0.2, 0.25) is 6.39 Å². The first-order valence-electron chi connectivity index (χ1n) is 6.64. The zero-order chi connectivity index (χ0) is 13.8. The highest BCUT2D eigenvalue weighted by Gasteiger charge is 2.04. The topological polar surface area (TPSA) is 63.8 Å². The normalized spacial score (nSPS) is 11.1. The lowest BCUT2D eigenvalue weighted by molar-refractivity contribution is 0.409. The van der Waals surface area contributed by atoms with Crippen molar-refractivity contribution in [1.82, 2.24) is 20.4 Å². The van der Waals surface area contributed by atoms with Crippen LogP contribution in [0.1, 0.15) is 17.1 Å². The van der Waals surface area contributed by atoms with Crippen molar-refractivity contribution < 1.29 is 4.52 Å². The molecular weight excluding hydrogens is 252 g/mol. The molecule has 102 valence electrons. The van der Waals surface area contributed by atoms with Crippen LogP contribution in [-0.4, -0.2) is 21.7 Å². The van der Waals surface area contributed by atoms with Gasteiger partial charge in [-0.1, -0.05) is 23.4 Å². The molecule has 1 aromatic carbocycles. The first-order valence-corrected chi connectivity index (χ1v) is 6.64. The van der Waals surface area contributed by atoms with Crippen LogP contribution in [0.4, 0.5) is 0 Å². The molecule has 0 aliphatic carbocycles. The van der Waals surface area contributed by atoms with Crippen LogP contribution in [0.25, 0.3) is 10.9 Å².